The maximum absolute atomic E-state index is 12.9. The van der Waals surface area contributed by atoms with E-state index in [0.717, 1.165) is 38.0 Å². The first-order valence-electron chi connectivity index (χ1n) is 8.42. The van der Waals surface area contributed by atoms with Gasteiger partial charge < -0.3 is 5.32 Å². The van der Waals surface area contributed by atoms with Crippen LogP contribution in [0.15, 0.2) is 42.7 Å². The highest BCUT2D eigenvalue weighted by Crippen LogP contribution is 2.14. The van der Waals surface area contributed by atoms with Crippen LogP contribution in [0.25, 0.3) is 0 Å². The average molecular weight is 330 g/mol. The van der Waals surface area contributed by atoms with Crippen molar-refractivity contribution in [2.24, 2.45) is 0 Å². The molecule has 1 N–H and O–H groups in total. The van der Waals surface area contributed by atoms with E-state index in [4.69, 9.17) is 0 Å². The molecule has 5 nitrogen and oxygen atoms in total. The molecule has 0 saturated carbocycles. The molecule has 2 heterocycles. The van der Waals surface area contributed by atoms with Gasteiger partial charge in [-0.1, -0.05) is 12.1 Å². The molecule has 6 heteroatoms. The molecule has 128 valence electrons. The van der Waals surface area contributed by atoms with E-state index in [1.807, 2.05) is 24.4 Å². The van der Waals surface area contributed by atoms with Gasteiger partial charge >= 0.3 is 0 Å². The fourth-order valence-corrected chi connectivity index (χ4v) is 3.03. The zero-order valence-corrected chi connectivity index (χ0v) is 13.7. The Balaban J connectivity index is 1.37. The highest BCUT2D eigenvalue weighted by atomic mass is 19.1. The van der Waals surface area contributed by atoms with Gasteiger partial charge in [0.05, 0.1) is 0 Å². The molecule has 2 aromatic rings. The molecule has 0 aliphatic carbocycles. The summed E-state index contributed by atoms with van der Waals surface area (Å²) in [5.41, 5.74) is 1.12. The van der Waals surface area contributed by atoms with Crippen LogP contribution in [-0.4, -0.2) is 39.7 Å². The van der Waals surface area contributed by atoms with Gasteiger partial charge in [-0.25, -0.2) is 4.39 Å². The summed E-state index contributed by atoms with van der Waals surface area (Å²) in [6.07, 6.45) is 5.94. The molecule has 0 spiro atoms. The van der Waals surface area contributed by atoms with Gasteiger partial charge in [-0.05, 0) is 36.6 Å². The summed E-state index contributed by atoms with van der Waals surface area (Å²) in [5.74, 6) is -0.113. The standard InChI is InChI=1S/C18H23FN4O/c19-16-4-2-15(3-5-16)14-22-11-6-17(7-12-22)21-18(24)8-13-23-10-1-9-20-23/h1-5,9-10,17H,6-8,11-14H2,(H,21,24). The number of aryl methyl sites for hydroxylation is 1. The number of piperidine rings is 1. The summed E-state index contributed by atoms with van der Waals surface area (Å²) in [6, 6.07) is 8.77. The third-order valence-corrected chi connectivity index (χ3v) is 4.40. The molecular formula is C18H23FN4O. The number of carbonyl (C=O) groups excluding carboxylic acids is 1. The molecule has 0 atom stereocenters. The predicted octanol–water partition coefficient (Wildman–Crippen LogP) is 2.19. The number of halogens is 1. The number of nitrogens with zero attached hydrogens (tertiary/aromatic N) is 3. The van der Waals surface area contributed by atoms with E-state index >= 15 is 0 Å². The van der Waals surface area contributed by atoms with Gasteiger partial charge in [-0.15, -0.1) is 0 Å². The van der Waals surface area contributed by atoms with Crippen molar-refractivity contribution in [3.63, 3.8) is 0 Å². The molecule has 0 unspecified atom stereocenters. The van der Waals surface area contributed by atoms with Gasteiger partial charge in [0.1, 0.15) is 5.82 Å². The minimum atomic E-state index is -0.199. The Bertz CT molecular complexity index is 634. The Labute approximate surface area is 141 Å². The van der Waals surface area contributed by atoms with Crippen molar-refractivity contribution in [1.29, 1.82) is 0 Å². The number of benzene rings is 1. The quantitative estimate of drug-likeness (QED) is 0.883. The summed E-state index contributed by atoms with van der Waals surface area (Å²) in [7, 11) is 0. The van der Waals surface area contributed by atoms with Gasteiger partial charge in [0.2, 0.25) is 5.91 Å². The molecule has 24 heavy (non-hydrogen) atoms. The molecule has 1 aromatic heterocycles. The lowest BCUT2D eigenvalue weighted by Crippen LogP contribution is -2.44. The topological polar surface area (TPSA) is 50.2 Å². The second kappa shape index (κ2) is 8.06. The summed E-state index contributed by atoms with van der Waals surface area (Å²) in [4.78, 5) is 14.4. The van der Waals surface area contributed by atoms with Crippen LogP contribution in [-0.2, 0) is 17.9 Å². The van der Waals surface area contributed by atoms with Crippen LogP contribution < -0.4 is 5.32 Å². The lowest BCUT2D eigenvalue weighted by molar-refractivity contribution is -0.122. The highest BCUT2D eigenvalue weighted by molar-refractivity contribution is 5.76. The Kier molecular flexibility index (Phi) is 5.59. The monoisotopic (exact) mass is 330 g/mol. The minimum Gasteiger partial charge on any atom is -0.353 e. The highest BCUT2D eigenvalue weighted by Gasteiger charge is 2.20. The van der Waals surface area contributed by atoms with Crippen LogP contribution in [0.1, 0.15) is 24.8 Å². The molecule has 1 aliphatic heterocycles. The molecule has 1 aromatic carbocycles. The molecule has 1 aliphatic rings. The van der Waals surface area contributed by atoms with Crippen molar-refractivity contribution < 1.29 is 9.18 Å². The molecule has 1 fully saturated rings. The normalized spacial score (nSPS) is 16.2. The summed E-state index contributed by atoms with van der Waals surface area (Å²) >= 11 is 0. The number of hydrogen-bond donors (Lipinski definition) is 1. The van der Waals surface area contributed by atoms with E-state index < -0.39 is 0 Å². The van der Waals surface area contributed by atoms with Crippen LogP contribution >= 0.6 is 0 Å². The van der Waals surface area contributed by atoms with Crippen molar-refractivity contribution in [3.8, 4) is 0 Å². The fraction of sp³-hybridized carbons (Fsp3) is 0.444. The van der Waals surface area contributed by atoms with Crippen molar-refractivity contribution in [2.75, 3.05) is 13.1 Å². The molecule has 3 rings (SSSR count). The van der Waals surface area contributed by atoms with Crippen LogP contribution in [0.4, 0.5) is 4.39 Å². The minimum absolute atomic E-state index is 0.0856. The summed E-state index contributed by atoms with van der Waals surface area (Å²) in [5, 5.41) is 7.21. The smallest absolute Gasteiger partial charge is 0.222 e. The predicted molar refractivity (Wildman–Crippen MR) is 89.7 cm³/mol. The van der Waals surface area contributed by atoms with E-state index in [0.29, 0.717) is 13.0 Å². The van der Waals surface area contributed by atoms with Crippen LogP contribution in [0.3, 0.4) is 0 Å². The third kappa shape index (κ3) is 4.89. The third-order valence-electron chi connectivity index (χ3n) is 4.40. The van der Waals surface area contributed by atoms with E-state index in [1.165, 1.54) is 12.1 Å². The van der Waals surface area contributed by atoms with E-state index in [2.05, 4.69) is 15.3 Å². The first kappa shape index (κ1) is 16.6. The van der Waals surface area contributed by atoms with Gasteiger partial charge in [0, 0.05) is 51.0 Å². The molecule has 0 bridgehead atoms. The lowest BCUT2D eigenvalue weighted by Gasteiger charge is -2.32. The Hall–Kier alpha value is -2.21. The van der Waals surface area contributed by atoms with Crippen molar-refractivity contribution in [3.05, 3.63) is 54.1 Å². The van der Waals surface area contributed by atoms with Crippen molar-refractivity contribution in [1.82, 2.24) is 20.0 Å². The maximum atomic E-state index is 12.9. The lowest BCUT2D eigenvalue weighted by atomic mass is 10.0. The Morgan fingerprint density at radius 1 is 1.25 bits per heavy atom. The number of aromatic nitrogens is 2. The molecule has 0 radical (unpaired) electrons. The number of amides is 1. The Morgan fingerprint density at radius 3 is 2.67 bits per heavy atom. The van der Waals surface area contributed by atoms with Crippen molar-refractivity contribution >= 4 is 5.91 Å². The number of nitrogens with one attached hydrogen (secondary N) is 1. The second-order valence-electron chi connectivity index (χ2n) is 6.26. The average Bonchev–Trinajstić information content (AvgIpc) is 3.10. The van der Waals surface area contributed by atoms with Crippen LogP contribution in [0.2, 0.25) is 0 Å². The van der Waals surface area contributed by atoms with Gasteiger partial charge in [-0.2, -0.15) is 5.10 Å². The van der Waals surface area contributed by atoms with Gasteiger partial charge in [0.15, 0.2) is 0 Å². The first-order chi connectivity index (χ1) is 11.7. The van der Waals surface area contributed by atoms with E-state index in [9.17, 15) is 9.18 Å². The zero-order valence-electron chi connectivity index (χ0n) is 13.7. The van der Waals surface area contributed by atoms with Gasteiger partial charge in [0.25, 0.3) is 0 Å². The van der Waals surface area contributed by atoms with Crippen LogP contribution in [0, 0.1) is 5.82 Å². The Morgan fingerprint density at radius 2 is 2.00 bits per heavy atom. The number of likely N-dealkylation sites (tertiary alicyclic amines) is 1. The maximum Gasteiger partial charge on any atom is 0.222 e. The molecule has 1 saturated heterocycles. The van der Waals surface area contributed by atoms with E-state index in [1.54, 1.807) is 10.9 Å². The second-order valence-corrected chi connectivity index (χ2v) is 6.26. The van der Waals surface area contributed by atoms with E-state index in [-0.39, 0.29) is 17.8 Å². The number of hydrogen-bond acceptors (Lipinski definition) is 3. The fourth-order valence-electron chi connectivity index (χ4n) is 3.03. The number of rotatable bonds is 6. The molecular weight excluding hydrogens is 307 g/mol. The van der Waals surface area contributed by atoms with Crippen LogP contribution in [0.5, 0.6) is 0 Å². The van der Waals surface area contributed by atoms with Gasteiger partial charge in [-0.3, -0.25) is 14.4 Å². The summed E-state index contributed by atoms with van der Waals surface area (Å²) < 4.78 is 14.7. The first-order valence-corrected chi connectivity index (χ1v) is 8.42. The summed E-state index contributed by atoms with van der Waals surface area (Å²) in [6.45, 7) is 3.34. The van der Waals surface area contributed by atoms with Crippen molar-refractivity contribution in [2.45, 2.75) is 38.4 Å². The zero-order chi connectivity index (χ0) is 16.8. The SMILES string of the molecule is O=C(CCn1cccn1)NC1CCN(Cc2ccc(F)cc2)CC1. The molecule has 1 amide bonds. The number of carbonyl (C=O) groups is 1. The largest absolute Gasteiger partial charge is 0.353 e.